The molecule has 2 aromatic rings. The summed E-state index contributed by atoms with van der Waals surface area (Å²) in [5.74, 6) is 0.133. The molecule has 1 unspecified atom stereocenters. The molecule has 104 valence electrons. The van der Waals surface area contributed by atoms with Gasteiger partial charge in [0, 0.05) is 29.0 Å². The molecule has 3 nitrogen and oxygen atoms in total. The fourth-order valence-electron chi connectivity index (χ4n) is 2.90. The molecule has 1 aromatic carbocycles. The van der Waals surface area contributed by atoms with Crippen LogP contribution in [0.5, 0.6) is 0 Å². The van der Waals surface area contributed by atoms with Crippen molar-refractivity contribution in [2.24, 2.45) is 0 Å². The number of benzene rings is 1. The van der Waals surface area contributed by atoms with E-state index in [0.717, 1.165) is 46.9 Å². The van der Waals surface area contributed by atoms with Gasteiger partial charge in [0.05, 0.1) is 11.1 Å². The molecule has 3 rings (SSSR count). The van der Waals surface area contributed by atoms with E-state index in [2.05, 4.69) is 20.9 Å². The van der Waals surface area contributed by atoms with E-state index < -0.39 is 0 Å². The fraction of sp³-hybridized carbons (Fsp3) is 0.375. The normalized spacial score (nSPS) is 18.7. The second-order valence-corrected chi connectivity index (χ2v) is 5.92. The molecule has 1 amide bonds. The van der Waals surface area contributed by atoms with Crippen molar-refractivity contribution in [3.05, 3.63) is 41.6 Å². The molecule has 2 heterocycles. The minimum atomic E-state index is 0.133. The number of hydrogen-bond donors (Lipinski definition) is 0. The average Bonchev–Trinajstić information content (AvgIpc) is 2.94. The number of para-hydroxylation sites is 1. The van der Waals surface area contributed by atoms with Crippen molar-refractivity contribution in [3.63, 3.8) is 0 Å². The molecule has 1 atom stereocenters. The third-order valence-corrected chi connectivity index (χ3v) is 4.64. The summed E-state index contributed by atoms with van der Waals surface area (Å²) in [5.41, 5.74) is 2.56. The van der Waals surface area contributed by atoms with E-state index in [-0.39, 0.29) is 5.91 Å². The van der Waals surface area contributed by atoms with Crippen LogP contribution >= 0.6 is 15.9 Å². The molecule has 0 radical (unpaired) electrons. The molecule has 0 saturated carbocycles. The Bertz CT molecular complexity index is 656. The third-order valence-electron chi connectivity index (χ3n) is 3.89. The molecule has 20 heavy (non-hydrogen) atoms. The highest BCUT2D eigenvalue weighted by molar-refractivity contribution is 9.09. The zero-order valence-corrected chi connectivity index (χ0v) is 13.1. The Labute approximate surface area is 127 Å². The number of pyridine rings is 1. The lowest BCUT2D eigenvalue weighted by Gasteiger charge is -2.23. The van der Waals surface area contributed by atoms with Gasteiger partial charge in [-0.3, -0.25) is 9.78 Å². The van der Waals surface area contributed by atoms with Crippen LogP contribution in [0, 0.1) is 6.92 Å². The van der Waals surface area contributed by atoms with Crippen molar-refractivity contribution in [3.8, 4) is 0 Å². The summed E-state index contributed by atoms with van der Waals surface area (Å²) in [4.78, 5) is 19.4. The van der Waals surface area contributed by atoms with Crippen LogP contribution in [-0.4, -0.2) is 33.7 Å². The van der Waals surface area contributed by atoms with Crippen molar-refractivity contribution in [2.45, 2.75) is 25.8 Å². The maximum Gasteiger partial charge on any atom is 0.254 e. The van der Waals surface area contributed by atoms with Crippen molar-refractivity contribution in [1.82, 2.24) is 9.88 Å². The highest BCUT2D eigenvalue weighted by Gasteiger charge is 2.29. The van der Waals surface area contributed by atoms with Gasteiger partial charge in [0.2, 0.25) is 0 Å². The number of likely N-dealkylation sites (tertiary alicyclic amines) is 1. The van der Waals surface area contributed by atoms with Crippen LogP contribution in [0.15, 0.2) is 30.3 Å². The van der Waals surface area contributed by atoms with Crippen LogP contribution in [0.25, 0.3) is 10.9 Å². The summed E-state index contributed by atoms with van der Waals surface area (Å²) in [6.45, 7) is 2.79. The first-order valence-corrected chi connectivity index (χ1v) is 8.06. The number of amides is 1. The molecule has 0 N–H and O–H groups in total. The number of carbonyl (C=O) groups excluding carboxylic acids is 1. The molecule has 1 fully saturated rings. The number of aryl methyl sites for hydroxylation is 1. The molecule has 0 spiro atoms. The second kappa shape index (κ2) is 5.52. The van der Waals surface area contributed by atoms with Crippen molar-refractivity contribution in [2.75, 3.05) is 11.9 Å². The van der Waals surface area contributed by atoms with Crippen LogP contribution < -0.4 is 0 Å². The highest BCUT2D eigenvalue weighted by atomic mass is 79.9. The Morgan fingerprint density at radius 3 is 3.05 bits per heavy atom. The predicted molar refractivity (Wildman–Crippen MR) is 84.3 cm³/mol. The summed E-state index contributed by atoms with van der Waals surface area (Å²) in [7, 11) is 0. The van der Waals surface area contributed by atoms with Crippen LogP contribution in [-0.2, 0) is 0 Å². The van der Waals surface area contributed by atoms with Crippen molar-refractivity contribution < 1.29 is 4.79 Å². The molecular formula is C16H17BrN2O. The third kappa shape index (κ3) is 2.33. The summed E-state index contributed by atoms with van der Waals surface area (Å²) in [6.07, 6.45) is 2.17. The van der Waals surface area contributed by atoms with Crippen molar-refractivity contribution in [1.29, 1.82) is 0 Å². The zero-order chi connectivity index (χ0) is 14.1. The maximum absolute atomic E-state index is 12.9. The number of nitrogens with zero attached hydrogens (tertiary/aromatic N) is 2. The minimum absolute atomic E-state index is 0.133. The Hall–Kier alpha value is -1.42. The first-order valence-electron chi connectivity index (χ1n) is 6.94. The SMILES string of the molecule is Cc1cc(C(=O)N2CCCC2CBr)c2ccccc2n1. The van der Waals surface area contributed by atoms with Gasteiger partial charge in [0.25, 0.3) is 5.91 Å². The first kappa shape index (κ1) is 13.6. The lowest BCUT2D eigenvalue weighted by molar-refractivity contribution is 0.0752. The molecule has 1 saturated heterocycles. The minimum Gasteiger partial charge on any atom is -0.335 e. The van der Waals surface area contributed by atoms with Crippen LogP contribution in [0.3, 0.4) is 0 Å². The van der Waals surface area contributed by atoms with Gasteiger partial charge in [0.15, 0.2) is 0 Å². The Morgan fingerprint density at radius 2 is 2.25 bits per heavy atom. The molecule has 0 aliphatic carbocycles. The number of aromatic nitrogens is 1. The topological polar surface area (TPSA) is 33.2 Å². The Kier molecular flexibility index (Phi) is 3.74. The zero-order valence-electron chi connectivity index (χ0n) is 11.5. The molecular weight excluding hydrogens is 316 g/mol. The monoisotopic (exact) mass is 332 g/mol. The largest absolute Gasteiger partial charge is 0.335 e. The average molecular weight is 333 g/mol. The lowest BCUT2D eigenvalue weighted by Crippen LogP contribution is -2.36. The molecule has 1 aromatic heterocycles. The highest BCUT2D eigenvalue weighted by Crippen LogP contribution is 2.25. The summed E-state index contributed by atoms with van der Waals surface area (Å²) in [6, 6.07) is 10.1. The van der Waals surface area contributed by atoms with Gasteiger partial charge in [-0.25, -0.2) is 0 Å². The van der Waals surface area contributed by atoms with Gasteiger partial charge >= 0.3 is 0 Å². The van der Waals surface area contributed by atoms with Crippen LogP contribution in [0.2, 0.25) is 0 Å². The van der Waals surface area contributed by atoms with Crippen LogP contribution in [0.4, 0.5) is 0 Å². The number of alkyl halides is 1. The summed E-state index contributed by atoms with van der Waals surface area (Å²) in [5, 5.41) is 1.80. The number of fused-ring (bicyclic) bond motifs is 1. The van der Waals surface area contributed by atoms with Gasteiger partial charge in [-0.2, -0.15) is 0 Å². The smallest absolute Gasteiger partial charge is 0.254 e. The fourth-order valence-corrected chi connectivity index (χ4v) is 3.58. The predicted octanol–water partition coefficient (Wildman–Crippen LogP) is 3.54. The Morgan fingerprint density at radius 1 is 1.45 bits per heavy atom. The summed E-state index contributed by atoms with van der Waals surface area (Å²) >= 11 is 3.52. The van der Waals surface area contributed by atoms with E-state index in [0.29, 0.717) is 6.04 Å². The standard InChI is InChI=1S/C16H17BrN2O/c1-11-9-14(13-6-2-3-7-15(13)18-11)16(20)19-8-4-5-12(19)10-17/h2-3,6-7,9,12H,4-5,8,10H2,1H3. The van der Waals surface area contributed by atoms with Crippen LogP contribution in [0.1, 0.15) is 28.9 Å². The number of rotatable bonds is 2. The van der Waals surface area contributed by atoms with E-state index in [1.165, 1.54) is 0 Å². The van der Waals surface area contributed by atoms with Gasteiger partial charge in [-0.15, -0.1) is 0 Å². The summed E-state index contributed by atoms with van der Waals surface area (Å²) < 4.78 is 0. The number of halogens is 1. The van der Waals surface area contributed by atoms with E-state index in [1.54, 1.807) is 0 Å². The molecule has 0 bridgehead atoms. The second-order valence-electron chi connectivity index (χ2n) is 5.28. The molecule has 4 heteroatoms. The van der Waals surface area contributed by atoms with Crippen molar-refractivity contribution >= 4 is 32.7 Å². The van der Waals surface area contributed by atoms with Gasteiger partial charge < -0.3 is 4.90 Å². The maximum atomic E-state index is 12.9. The lowest BCUT2D eigenvalue weighted by atomic mass is 10.1. The quantitative estimate of drug-likeness (QED) is 0.788. The molecule has 1 aliphatic rings. The number of carbonyl (C=O) groups is 1. The Balaban J connectivity index is 2.07. The first-order chi connectivity index (χ1) is 9.70. The van der Waals surface area contributed by atoms with E-state index >= 15 is 0 Å². The van der Waals surface area contributed by atoms with Gasteiger partial charge in [-0.05, 0) is 31.9 Å². The molecule has 1 aliphatic heterocycles. The van der Waals surface area contributed by atoms with E-state index in [4.69, 9.17) is 0 Å². The van der Waals surface area contributed by atoms with E-state index in [9.17, 15) is 4.79 Å². The van der Waals surface area contributed by atoms with Gasteiger partial charge in [-0.1, -0.05) is 34.1 Å². The number of hydrogen-bond acceptors (Lipinski definition) is 2. The van der Waals surface area contributed by atoms with Gasteiger partial charge in [0.1, 0.15) is 0 Å². The van der Waals surface area contributed by atoms with E-state index in [1.807, 2.05) is 42.2 Å².